The van der Waals surface area contributed by atoms with Gasteiger partial charge in [0, 0.05) is 30.7 Å². The number of H-pyrrole nitrogens is 1. The van der Waals surface area contributed by atoms with Gasteiger partial charge in [-0.25, -0.2) is 8.42 Å². The van der Waals surface area contributed by atoms with Crippen molar-refractivity contribution in [1.82, 2.24) is 13.9 Å². The maximum Gasteiger partial charge on any atom is 0.274 e. The van der Waals surface area contributed by atoms with Gasteiger partial charge in [-0.3, -0.25) is 9.36 Å². The Bertz CT molecular complexity index is 1210. The highest BCUT2D eigenvalue weighted by atomic mass is 32.2. The standard InChI is InChI=1S/C21H22N4O3S2/c26-20(19-15-22-21(29)25(19)17-9-3-1-4-10-17)23-16-8-7-11-18(14-16)30(27,28)24-12-5-2-6-13-24/h1,3-4,7-11,14-15H,2,5-6,12-13H2,(H,22,29)(H,23,26). The van der Waals surface area contributed by atoms with E-state index < -0.39 is 15.9 Å². The van der Waals surface area contributed by atoms with Gasteiger partial charge in [0.2, 0.25) is 10.0 Å². The summed E-state index contributed by atoms with van der Waals surface area (Å²) in [4.78, 5) is 16.0. The number of imidazole rings is 1. The van der Waals surface area contributed by atoms with Crippen LogP contribution in [0.2, 0.25) is 0 Å². The van der Waals surface area contributed by atoms with Crippen LogP contribution >= 0.6 is 12.2 Å². The fourth-order valence-electron chi connectivity index (χ4n) is 3.55. The van der Waals surface area contributed by atoms with E-state index in [4.69, 9.17) is 12.2 Å². The molecular formula is C21H22N4O3S2. The number of aromatic nitrogens is 2. The number of sulfonamides is 1. The number of amides is 1. The van der Waals surface area contributed by atoms with Gasteiger partial charge in [-0.1, -0.05) is 30.7 Å². The second-order valence-electron chi connectivity index (χ2n) is 7.10. The highest BCUT2D eigenvalue weighted by molar-refractivity contribution is 7.89. The van der Waals surface area contributed by atoms with Crippen LogP contribution in [0.1, 0.15) is 29.8 Å². The lowest BCUT2D eigenvalue weighted by molar-refractivity contribution is 0.102. The van der Waals surface area contributed by atoms with E-state index >= 15 is 0 Å². The summed E-state index contributed by atoms with van der Waals surface area (Å²) >= 11 is 5.32. The Morgan fingerprint density at radius 3 is 2.47 bits per heavy atom. The molecule has 30 heavy (non-hydrogen) atoms. The number of para-hydroxylation sites is 1. The molecule has 2 heterocycles. The van der Waals surface area contributed by atoms with Gasteiger partial charge >= 0.3 is 0 Å². The largest absolute Gasteiger partial charge is 0.336 e. The van der Waals surface area contributed by atoms with Crippen molar-refractivity contribution < 1.29 is 13.2 Å². The molecule has 0 atom stereocenters. The topological polar surface area (TPSA) is 87.2 Å². The van der Waals surface area contributed by atoms with E-state index in [1.807, 2.05) is 30.3 Å². The van der Waals surface area contributed by atoms with Crippen LogP contribution in [0.25, 0.3) is 5.69 Å². The van der Waals surface area contributed by atoms with Gasteiger partial charge in [-0.2, -0.15) is 4.31 Å². The van der Waals surface area contributed by atoms with E-state index in [1.165, 1.54) is 10.4 Å². The van der Waals surface area contributed by atoms with Crippen LogP contribution in [0.15, 0.2) is 65.7 Å². The van der Waals surface area contributed by atoms with Gasteiger partial charge in [0.05, 0.1) is 4.90 Å². The summed E-state index contributed by atoms with van der Waals surface area (Å²) in [5.41, 5.74) is 1.50. The van der Waals surface area contributed by atoms with E-state index in [9.17, 15) is 13.2 Å². The average molecular weight is 443 g/mol. The van der Waals surface area contributed by atoms with Crippen LogP contribution in [-0.4, -0.2) is 41.3 Å². The first-order valence-corrected chi connectivity index (χ1v) is 11.6. The summed E-state index contributed by atoms with van der Waals surface area (Å²) in [6, 6.07) is 15.7. The van der Waals surface area contributed by atoms with Gasteiger partial charge in [0.15, 0.2) is 4.77 Å². The van der Waals surface area contributed by atoms with Gasteiger partial charge in [-0.05, 0) is 55.4 Å². The molecule has 2 N–H and O–H groups in total. The molecule has 2 aromatic carbocycles. The summed E-state index contributed by atoms with van der Waals surface area (Å²) in [5.74, 6) is -0.390. The Morgan fingerprint density at radius 1 is 1.00 bits per heavy atom. The Kier molecular flexibility index (Phi) is 5.85. The minimum atomic E-state index is -3.58. The molecule has 0 aliphatic carbocycles. The highest BCUT2D eigenvalue weighted by Gasteiger charge is 2.26. The fraction of sp³-hybridized carbons (Fsp3) is 0.238. The zero-order valence-corrected chi connectivity index (χ0v) is 17.9. The summed E-state index contributed by atoms with van der Waals surface area (Å²) < 4.78 is 29.4. The lowest BCUT2D eigenvalue weighted by Crippen LogP contribution is -2.35. The van der Waals surface area contributed by atoms with Gasteiger partial charge < -0.3 is 10.3 Å². The number of hydrogen-bond donors (Lipinski definition) is 2. The number of nitrogens with one attached hydrogen (secondary N) is 2. The molecule has 0 saturated carbocycles. The smallest absolute Gasteiger partial charge is 0.274 e. The molecule has 3 aromatic rings. The van der Waals surface area contributed by atoms with Crippen LogP contribution in [0.4, 0.5) is 5.69 Å². The molecule has 1 saturated heterocycles. The van der Waals surface area contributed by atoms with Gasteiger partial charge in [-0.15, -0.1) is 0 Å². The number of rotatable bonds is 5. The predicted octanol–water partition coefficient (Wildman–Crippen LogP) is 3.96. The van der Waals surface area contributed by atoms with Crippen molar-refractivity contribution in [3.8, 4) is 5.69 Å². The van der Waals surface area contributed by atoms with Gasteiger partial charge in [0.1, 0.15) is 5.69 Å². The first kappa shape index (κ1) is 20.5. The third-order valence-electron chi connectivity index (χ3n) is 5.07. The van der Waals surface area contributed by atoms with Crippen LogP contribution in [0.3, 0.4) is 0 Å². The monoisotopic (exact) mass is 442 g/mol. The number of benzene rings is 2. The molecule has 4 rings (SSSR count). The van der Waals surface area contributed by atoms with E-state index in [0.717, 1.165) is 24.9 Å². The van der Waals surface area contributed by atoms with Crippen molar-refractivity contribution in [1.29, 1.82) is 0 Å². The van der Waals surface area contributed by atoms with E-state index in [-0.39, 0.29) is 4.90 Å². The van der Waals surface area contributed by atoms with Crippen LogP contribution in [-0.2, 0) is 10.0 Å². The molecular weight excluding hydrogens is 420 g/mol. The van der Waals surface area contributed by atoms with Crippen molar-refractivity contribution in [2.24, 2.45) is 0 Å². The van der Waals surface area contributed by atoms with Crippen LogP contribution in [0.5, 0.6) is 0 Å². The second kappa shape index (κ2) is 8.55. The summed E-state index contributed by atoms with van der Waals surface area (Å²) in [6.45, 7) is 1.06. The number of hydrogen-bond acceptors (Lipinski definition) is 4. The number of piperidine rings is 1. The number of carbonyl (C=O) groups excluding carboxylic acids is 1. The molecule has 156 valence electrons. The Balaban J connectivity index is 1.60. The zero-order valence-electron chi connectivity index (χ0n) is 16.2. The summed E-state index contributed by atoms with van der Waals surface area (Å²) in [6.07, 6.45) is 4.32. The van der Waals surface area contributed by atoms with Crippen molar-refractivity contribution in [2.45, 2.75) is 24.2 Å². The van der Waals surface area contributed by atoms with Crippen LogP contribution in [0, 0.1) is 4.77 Å². The molecule has 1 aromatic heterocycles. The molecule has 1 fully saturated rings. The molecule has 0 unspecified atom stereocenters. The Morgan fingerprint density at radius 2 is 1.73 bits per heavy atom. The van der Waals surface area contributed by atoms with Crippen LogP contribution < -0.4 is 5.32 Å². The third kappa shape index (κ3) is 4.09. The lowest BCUT2D eigenvalue weighted by Gasteiger charge is -2.26. The molecule has 0 spiro atoms. The zero-order chi connectivity index (χ0) is 21.1. The first-order chi connectivity index (χ1) is 14.5. The number of nitrogens with zero attached hydrogens (tertiary/aromatic N) is 2. The molecule has 1 amide bonds. The Labute approximate surface area is 180 Å². The predicted molar refractivity (Wildman–Crippen MR) is 118 cm³/mol. The minimum Gasteiger partial charge on any atom is -0.336 e. The molecule has 0 radical (unpaired) electrons. The quantitative estimate of drug-likeness (QED) is 0.586. The van der Waals surface area contributed by atoms with E-state index in [2.05, 4.69) is 10.3 Å². The SMILES string of the molecule is O=C(Nc1cccc(S(=O)(=O)N2CCCCC2)c1)c1c[nH]c(=S)n1-c1ccccc1. The van der Waals surface area contributed by atoms with Crippen molar-refractivity contribution in [3.63, 3.8) is 0 Å². The van der Waals surface area contributed by atoms with Crippen molar-refractivity contribution in [2.75, 3.05) is 18.4 Å². The minimum absolute atomic E-state index is 0.177. The molecule has 1 aliphatic rings. The maximum absolute atomic E-state index is 12.9. The van der Waals surface area contributed by atoms with Crippen molar-refractivity contribution in [3.05, 3.63) is 71.3 Å². The molecule has 7 nitrogen and oxygen atoms in total. The lowest BCUT2D eigenvalue weighted by atomic mass is 10.2. The molecule has 1 aliphatic heterocycles. The number of anilines is 1. The molecule has 0 bridgehead atoms. The normalized spacial score (nSPS) is 15.1. The Hall–Kier alpha value is -2.75. The fourth-order valence-corrected chi connectivity index (χ4v) is 5.38. The average Bonchev–Trinajstić information content (AvgIpc) is 3.17. The maximum atomic E-state index is 12.9. The second-order valence-corrected chi connectivity index (χ2v) is 9.42. The summed E-state index contributed by atoms with van der Waals surface area (Å²) in [5, 5.41) is 2.79. The highest BCUT2D eigenvalue weighted by Crippen LogP contribution is 2.23. The first-order valence-electron chi connectivity index (χ1n) is 9.74. The van der Waals surface area contributed by atoms with E-state index in [1.54, 1.807) is 29.0 Å². The van der Waals surface area contributed by atoms with Crippen molar-refractivity contribution >= 4 is 33.8 Å². The van der Waals surface area contributed by atoms with Gasteiger partial charge in [0.25, 0.3) is 5.91 Å². The number of aromatic amines is 1. The summed E-state index contributed by atoms with van der Waals surface area (Å²) in [7, 11) is -3.58. The molecule has 9 heteroatoms. The third-order valence-corrected chi connectivity index (χ3v) is 7.26. The van der Waals surface area contributed by atoms with E-state index in [0.29, 0.717) is 29.2 Å². The number of carbonyl (C=O) groups is 1.